The van der Waals surface area contributed by atoms with Crippen molar-refractivity contribution in [2.24, 2.45) is 16.8 Å². The number of benzene rings is 1. The van der Waals surface area contributed by atoms with E-state index in [1.807, 2.05) is 18.2 Å². The van der Waals surface area contributed by atoms with Crippen molar-refractivity contribution < 1.29 is 19.4 Å². The second-order valence-corrected chi connectivity index (χ2v) is 7.92. The molecule has 27 heavy (non-hydrogen) atoms. The van der Waals surface area contributed by atoms with Crippen molar-refractivity contribution in [3.05, 3.63) is 23.8 Å². The molecule has 3 aliphatic heterocycles. The summed E-state index contributed by atoms with van der Waals surface area (Å²) in [5.74, 6) is 1.25. The van der Waals surface area contributed by atoms with E-state index in [9.17, 15) is 9.90 Å². The van der Waals surface area contributed by atoms with Gasteiger partial charge in [-0.3, -0.25) is 14.7 Å². The number of carbonyl (C=O) groups excluding carboxylic acids is 1. The molecular weight excluding hydrogens is 344 g/mol. The number of rotatable bonds is 4. The van der Waals surface area contributed by atoms with Crippen molar-refractivity contribution in [1.82, 2.24) is 4.90 Å². The molecule has 3 heterocycles. The number of fused-ring (bicyclic) bond motifs is 5. The first-order valence-electron chi connectivity index (χ1n) is 9.81. The third-order valence-corrected chi connectivity index (χ3v) is 6.66. The lowest BCUT2D eigenvalue weighted by atomic mass is 9.71. The van der Waals surface area contributed by atoms with E-state index in [1.54, 1.807) is 7.11 Å². The maximum atomic E-state index is 11.9. The van der Waals surface area contributed by atoms with Crippen LogP contribution in [0.4, 0.5) is 5.69 Å². The molecule has 0 aliphatic carbocycles. The largest absolute Gasteiger partial charge is 0.496 e. The molecule has 2 saturated heterocycles. The molecule has 0 radical (unpaired) electrons. The van der Waals surface area contributed by atoms with Gasteiger partial charge in [0.05, 0.1) is 37.2 Å². The van der Waals surface area contributed by atoms with Crippen LogP contribution in [0.1, 0.15) is 38.2 Å². The van der Waals surface area contributed by atoms with Crippen LogP contribution in [-0.2, 0) is 15.1 Å². The van der Waals surface area contributed by atoms with Crippen LogP contribution in [0.15, 0.2) is 23.2 Å². The maximum absolute atomic E-state index is 11.9. The molecule has 3 aliphatic rings. The van der Waals surface area contributed by atoms with Gasteiger partial charge in [-0.2, -0.15) is 0 Å². The zero-order chi connectivity index (χ0) is 19.2. The molecule has 1 N–H and O–H groups in total. The summed E-state index contributed by atoms with van der Waals surface area (Å²) < 4.78 is 10.4. The lowest BCUT2D eigenvalue weighted by Gasteiger charge is -2.50. The summed E-state index contributed by atoms with van der Waals surface area (Å²) in [4.78, 5) is 19.2. The van der Waals surface area contributed by atoms with Crippen LogP contribution < -0.4 is 4.74 Å². The topological polar surface area (TPSA) is 71.4 Å². The molecule has 0 spiro atoms. The molecule has 1 aromatic rings. The first-order valence-corrected chi connectivity index (χ1v) is 9.81. The number of carbonyl (C=O) groups is 1. The lowest BCUT2D eigenvalue weighted by Crippen LogP contribution is -2.60. The minimum Gasteiger partial charge on any atom is -0.496 e. The van der Waals surface area contributed by atoms with E-state index in [0.717, 1.165) is 42.9 Å². The quantitative estimate of drug-likeness (QED) is 0.823. The number of hydrogen-bond donors (Lipinski definition) is 1. The highest BCUT2D eigenvalue weighted by Crippen LogP contribution is 2.51. The third kappa shape index (κ3) is 2.86. The highest BCUT2D eigenvalue weighted by atomic mass is 16.5. The molecule has 146 valence electrons. The second kappa shape index (κ2) is 6.91. The zero-order valence-corrected chi connectivity index (χ0v) is 16.3. The van der Waals surface area contributed by atoms with Crippen molar-refractivity contribution >= 4 is 17.4 Å². The molecule has 0 bridgehead atoms. The number of methoxy groups -OCH3 is 2. The summed E-state index contributed by atoms with van der Waals surface area (Å²) in [6, 6.07) is 5.79. The maximum Gasteiger partial charge on any atom is 0.305 e. The summed E-state index contributed by atoms with van der Waals surface area (Å²) in [6.07, 6.45) is 2.91. The minimum absolute atomic E-state index is 0.0540. The Morgan fingerprint density at radius 3 is 2.89 bits per heavy atom. The van der Waals surface area contributed by atoms with Gasteiger partial charge in [0.1, 0.15) is 11.4 Å². The molecule has 3 unspecified atom stereocenters. The number of hydrogen-bond acceptors (Lipinski definition) is 6. The van der Waals surface area contributed by atoms with Gasteiger partial charge < -0.3 is 14.6 Å². The number of ether oxygens (including phenoxy) is 2. The van der Waals surface area contributed by atoms with Crippen molar-refractivity contribution in [2.75, 3.05) is 27.3 Å². The van der Waals surface area contributed by atoms with E-state index in [4.69, 9.17) is 14.5 Å². The number of aliphatic imine (C=N–C) groups is 1. The van der Waals surface area contributed by atoms with Crippen LogP contribution in [0.3, 0.4) is 0 Å². The van der Waals surface area contributed by atoms with Gasteiger partial charge in [0.15, 0.2) is 0 Å². The summed E-state index contributed by atoms with van der Waals surface area (Å²) >= 11 is 0. The fourth-order valence-electron chi connectivity index (χ4n) is 5.20. The predicted octanol–water partition coefficient (Wildman–Crippen LogP) is 2.65. The summed E-state index contributed by atoms with van der Waals surface area (Å²) in [7, 11) is 3.08. The molecule has 4 atom stereocenters. The number of esters is 1. The normalized spacial score (nSPS) is 32.1. The molecule has 1 aromatic carbocycles. The Bertz CT molecular complexity index is 777. The SMILES string of the molecule is CCC1CN2CC[C@@]3(O)C(=Nc4cccc(OC)c43)C2CC1CC(=O)OC. The van der Waals surface area contributed by atoms with Crippen molar-refractivity contribution in [2.45, 2.75) is 44.2 Å². The number of aliphatic hydroxyl groups is 1. The van der Waals surface area contributed by atoms with Crippen LogP contribution in [0, 0.1) is 11.8 Å². The lowest BCUT2D eigenvalue weighted by molar-refractivity contribution is -0.143. The average Bonchev–Trinajstić information content (AvgIpc) is 3.00. The van der Waals surface area contributed by atoms with Gasteiger partial charge in [-0.1, -0.05) is 19.4 Å². The van der Waals surface area contributed by atoms with Gasteiger partial charge in [-0.25, -0.2) is 0 Å². The average molecular weight is 372 g/mol. The van der Waals surface area contributed by atoms with Gasteiger partial charge in [-0.15, -0.1) is 0 Å². The Morgan fingerprint density at radius 2 is 2.19 bits per heavy atom. The Balaban J connectivity index is 1.67. The molecule has 0 aromatic heterocycles. The highest BCUT2D eigenvalue weighted by Gasteiger charge is 2.53. The van der Waals surface area contributed by atoms with Gasteiger partial charge in [0, 0.05) is 19.5 Å². The van der Waals surface area contributed by atoms with Crippen LogP contribution in [0.2, 0.25) is 0 Å². The molecule has 6 nitrogen and oxygen atoms in total. The Kier molecular flexibility index (Phi) is 4.72. The predicted molar refractivity (Wildman–Crippen MR) is 102 cm³/mol. The van der Waals surface area contributed by atoms with Gasteiger partial charge in [-0.05, 0) is 36.8 Å². The minimum atomic E-state index is -1.07. The first-order chi connectivity index (χ1) is 13.0. The van der Waals surface area contributed by atoms with Crippen LogP contribution in [0.25, 0.3) is 0 Å². The van der Waals surface area contributed by atoms with E-state index in [0.29, 0.717) is 24.5 Å². The first kappa shape index (κ1) is 18.4. The Morgan fingerprint density at radius 1 is 1.37 bits per heavy atom. The van der Waals surface area contributed by atoms with Gasteiger partial charge >= 0.3 is 5.97 Å². The van der Waals surface area contributed by atoms with Crippen molar-refractivity contribution in [1.29, 1.82) is 0 Å². The van der Waals surface area contributed by atoms with Crippen LogP contribution in [0.5, 0.6) is 5.75 Å². The van der Waals surface area contributed by atoms with E-state index < -0.39 is 5.60 Å². The number of nitrogens with zero attached hydrogens (tertiary/aromatic N) is 2. The fourth-order valence-corrected chi connectivity index (χ4v) is 5.20. The third-order valence-electron chi connectivity index (χ3n) is 6.66. The zero-order valence-electron chi connectivity index (χ0n) is 16.3. The molecule has 2 fully saturated rings. The van der Waals surface area contributed by atoms with Crippen LogP contribution >= 0.6 is 0 Å². The van der Waals surface area contributed by atoms with Crippen molar-refractivity contribution in [3.8, 4) is 5.75 Å². The molecule has 0 amide bonds. The molecular formula is C21H28N2O4. The Hall–Kier alpha value is -1.92. The van der Waals surface area contributed by atoms with E-state index in [1.165, 1.54) is 7.11 Å². The van der Waals surface area contributed by atoms with E-state index >= 15 is 0 Å². The summed E-state index contributed by atoms with van der Waals surface area (Å²) in [5, 5.41) is 11.6. The van der Waals surface area contributed by atoms with Crippen molar-refractivity contribution in [3.63, 3.8) is 0 Å². The molecule has 4 rings (SSSR count). The van der Waals surface area contributed by atoms with Gasteiger partial charge in [0.2, 0.25) is 0 Å². The van der Waals surface area contributed by atoms with Gasteiger partial charge in [0.25, 0.3) is 0 Å². The molecule has 6 heteroatoms. The number of piperidine rings is 2. The van der Waals surface area contributed by atoms with E-state index in [-0.39, 0.29) is 17.9 Å². The highest BCUT2D eigenvalue weighted by molar-refractivity contribution is 6.05. The monoisotopic (exact) mass is 372 g/mol. The summed E-state index contributed by atoms with van der Waals surface area (Å²) in [5.41, 5.74) is 1.34. The van der Waals surface area contributed by atoms with E-state index in [2.05, 4.69) is 11.8 Å². The standard InChI is InChI=1S/C21H28N2O4/c1-4-13-12-23-9-8-21(25)19-15(6-5-7-17(19)26-2)22-20(21)16(23)10-14(13)11-18(24)27-3/h5-7,13-14,16,25H,4,8-12H2,1-3H3/t13?,14?,16?,21-/m0/s1. The smallest absolute Gasteiger partial charge is 0.305 e. The molecule has 0 saturated carbocycles. The fraction of sp³-hybridized carbons (Fsp3) is 0.619. The van der Waals surface area contributed by atoms with Crippen LogP contribution in [-0.4, -0.2) is 55.0 Å². The Labute approximate surface area is 160 Å². The second-order valence-electron chi connectivity index (χ2n) is 7.92. The summed E-state index contributed by atoms with van der Waals surface area (Å²) in [6.45, 7) is 3.94.